The summed E-state index contributed by atoms with van der Waals surface area (Å²) in [7, 11) is 0. The van der Waals surface area contributed by atoms with E-state index in [0.29, 0.717) is 6.42 Å². The summed E-state index contributed by atoms with van der Waals surface area (Å²) in [6, 6.07) is 13.4. The third-order valence-corrected chi connectivity index (χ3v) is 6.56. The number of imide groups is 1. The molecule has 6 nitrogen and oxygen atoms in total. The van der Waals surface area contributed by atoms with Gasteiger partial charge in [0.05, 0.1) is 11.8 Å². The number of rotatable bonds is 2. The molecular formula is C22H21N3O3. The fraction of sp³-hybridized carbons (Fsp3) is 0.318. The first-order chi connectivity index (χ1) is 13.4. The maximum Gasteiger partial charge on any atom is 0.250 e. The minimum atomic E-state index is -1.21. The van der Waals surface area contributed by atoms with Crippen LogP contribution in [0.3, 0.4) is 0 Å². The molecule has 0 aliphatic carbocycles. The van der Waals surface area contributed by atoms with Crippen molar-refractivity contribution in [3.05, 3.63) is 64.7 Å². The van der Waals surface area contributed by atoms with E-state index in [1.165, 1.54) is 0 Å². The van der Waals surface area contributed by atoms with Gasteiger partial charge in [0, 0.05) is 17.3 Å². The van der Waals surface area contributed by atoms with Gasteiger partial charge in [0.1, 0.15) is 5.54 Å². The summed E-state index contributed by atoms with van der Waals surface area (Å²) in [4.78, 5) is 38.7. The monoisotopic (exact) mass is 375 g/mol. The zero-order valence-electron chi connectivity index (χ0n) is 15.7. The maximum absolute atomic E-state index is 13.2. The molecule has 1 spiro atoms. The number of benzene rings is 2. The van der Waals surface area contributed by atoms with Gasteiger partial charge in [-0.15, -0.1) is 0 Å². The molecule has 0 unspecified atom stereocenters. The molecule has 28 heavy (non-hydrogen) atoms. The van der Waals surface area contributed by atoms with Crippen LogP contribution in [0, 0.1) is 25.7 Å². The summed E-state index contributed by atoms with van der Waals surface area (Å²) >= 11 is 0. The number of amides is 3. The van der Waals surface area contributed by atoms with Gasteiger partial charge in [0.25, 0.3) is 0 Å². The Balaban J connectivity index is 1.65. The second-order valence-corrected chi connectivity index (χ2v) is 7.99. The van der Waals surface area contributed by atoms with Gasteiger partial charge < -0.3 is 5.32 Å². The molecule has 6 heteroatoms. The van der Waals surface area contributed by atoms with Crippen molar-refractivity contribution < 1.29 is 14.4 Å². The highest BCUT2D eigenvalue weighted by Crippen LogP contribution is 2.52. The number of carbonyl (C=O) groups excluding carboxylic acids is 3. The number of anilines is 1. The Morgan fingerprint density at radius 2 is 1.68 bits per heavy atom. The molecule has 0 radical (unpaired) electrons. The van der Waals surface area contributed by atoms with E-state index in [0.717, 1.165) is 27.9 Å². The Bertz CT molecular complexity index is 1030. The number of fused-ring (bicyclic) bond motifs is 4. The topological polar surface area (TPSA) is 87.3 Å². The third kappa shape index (κ3) is 2.09. The lowest BCUT2D eigenvalue weighted by Crippen LogP contribution is -2.53. The van der Waals surface area contributed by atoms with Crippen LogP contribution in [0.5, 0.6) is 0 Å². The first-order valence-electron chi connectivity index (χ1n) is 9.52. The number of hydrogen-bond donors (Lipinski definition) is 3. The number of aryl methyl sites for hydroxylation is 1. The molecule has 0 bridgehead atoms. The van der Waals surface area contributed by atoms with E-state index in [1.54, 1.807) is 0 Å². The summed E-state index contributed by atoms with van der Waals surface area (Å²) in [5, 5.41) is 8.88. The Morgan fingerprint density at radius 3 is 2.43 bits per heavy atom. The molecule has 2 aromatic carbocycles. The quantitative estimate of drug-likeness (QED) is 0.695. The van der Waals surface area contributed by atoms with Crippen molar-refractivity contribution in [3.63, 3.8) is 0 Å². The summed E-state index contributed by atoms with van der Waals surface area (Å²) < 4.78 is 0. The fourth-order valence-corrected chi connectivity index (χ4v) is 5.09. The number of hydrogen-bond acceptors (Lipinski definition) is 4. The molecule has 3 heterocycles. The number of carbonyl (C=O) groups is 3. The maximum atomic E-state index is 13.2. The van der Waals surface area contributed by atoms with Gasteiger partial charge in [-0.1, -0.05) is 42.5 Å². The standard InChI is InChI=1S/C22H21N3O3/c1-11-8-9-14-18(12(11)2)23-21(28)22(14)17-16(19(26)24-20(17)27)15(25-22)10-13-6-4-3-5-7-13/h3-9,15-17,25H,10H2,1-2H3,(H,23,28)(H,24,26,27)/t15-,16+,17-,22-/m0/s1. The van der Waals surface area contributed by atoms with Gasteiger partial charge in [-0.3, -0.25) is 25.0 Å². The third-order valence-electron chi connectivity index (χ3n) is 6.56. The highest BCUT2D eigenvalue weighted by atomic mass is 16.2. The van der Waals surface area contributed by atoms with Crippen LogP contribution in [0.15, 0.2) is 42.5 Å². The largest absolute Gasteiger partial charge is 0.324 e. The molecule has 142 valence electrons. The van der Waals surface area contributed by atoms with Crippen LogP contribution in [-0.4, -0.2) is 23.8 Å². The van der Waals surface area contributed by atoms with Crippen LogP contribution >= 0.6 is 0 Å². The summed E-state index contributed by atoms with van der Waals surface area (Å²) in [6.07, 6.45) is 0.567. The van der Waals surface area contributed by atoms with E-state index in [2.05, 4.69) is 16.0 Å². The SMILES string of the molecule is Cc1ccc2c(c1C)NC(=O)[C@]21N[C@@H](Cc2ccccc2)[C@H]2C(=O)NC(=O)[C@H]21. The predicted octanol–water partition coefficient (Wildman–Crippen LogP) is 1.55. The van der Waals surface area contributed by atoms with Crippen molar-refractivity contribution >= 4 is 23.4 Å². The van der Waals surface area contributed by atoms with Crippen LogP contribution in [0.25, 0.3) is 0 Å². The van der Waals surface area contributed by atoms with Crippen LogP contribution in [0.1, 0.15) is 22.3 Å². The van der Waals surface area contributed by atoms with Crippen LogP contribution in [0.2, 0.25) is 0 Å². The average Bonchev–Trinajstić information content (AvgIpc) is 3.26. The molecule has 3 amide bonds. The van der Waals surface area contributed by atoms with Gasteiger partial charge in [0.15, 0.2) is 0 Å². The van der Waals surface area contributed by atoms with Crippen molar-refractivity contribution in [2.45, 2.75) is 31.8 Å². The molecule has 3 N–H and O–H groups in total. The number of nitrogens with one attached hydrogen (secondary N) is 3. The average molecular weight is 375 g/mol. The van der Waals surface area contributed by atoms with Crippen molar-refractivity contribution in [3.8, 4) is 0 Å². The minimum absolute atomic E-state index is 0.258. The molecule has 0 aromatic heterocycles. The van der Waals surface area contributed by atoms with Crippen molar-refractivity contribution in [2.24, 2.45) is 11.8 Å². The predicted molar refractivity (Wildman–Crippen MR) is 103 cm³/mol. The van der Waals surface area contributed by atoms with Crippen molar-refractivity contribution in [2.75, 3.05) is 5.32 Å². The van der Waals surface area contributed by atoms with E-state index in [9.17, 15) is 14.4 Å². The molecule has 3 aliphatic heterocycles. The lowest BCUT2D eigenvalue weighted by Gasteiger charge is -2.28. The van der Waals surface area contributed by atoms with Crippen LogP contribution in [0.4, 0.5) is 5.69 Å². The summed E-state index contributed by atoms with van der Waals surface area (Å²) in [5.41, 5.74) is 3.41. The van der Waals surface area contributed by atoms with E-state index >= 15 is 0 Å². The second kappa shape index (κ2) is 5.75. The molecule has 2 saturated heterocycles. The first kappa shape index (κ1) is 17.1. The van der Waals surface area contributed by atoms with Crippen LogP contribution in [-0.2, 0) is 26.3 Å². The Kier molecular flexibility index (Phi) is 3.52. The summed E-state index contributed by atoms with van der Waals surface area (Å²) in [5.74, 6) is -2.26. The highest BCUT2D eigenvalue weighted by molar-refractivity contribution is 6.15. The van der Waals surface area contributed by atoms with Gasteiger partial charge in [-0.25, -0.2) is 0 Å². The zero-order chi connectivity index (χ0) is 19.6. The van der Waals surface area contributed by atoms with Crippen molar-refractivity contribution in [1.29, 1.82) is 0 Å². The van der Waals surface area contributed by atoms with E-state index < -0.39 is 17.4 Å². The van der Waals surface area contributed by atoms with E-state index in [-0.39, 0.29) is 23.8 Å². The Hall–Kier alpha value is -2.99. The molecule has 4 atom stereocenters. The highest BCUT2D eigenvalue weighted by Gasteiger charge is 2.68. The van der Waals surface area contributed by atoms with Gasteiger partial charge in [0.2, 0.25) is 17.7 Å². The smallest absolute Gasteiger partial charge is 0.250 e. The molecule has 3 aliphatic rings. The normalized spacial score (nSPS) is 30.4. The second-order valence-electron chi connectivity index (χ2n) is 7.99. The molecular weight excluding hydrogens is 354 g/mol. The first-order valence-corrected chi connectivity index (χ1v) is 9.52. The Labute approximate surface area is 162 Å². The minimum Gasteiger partial charge on any atom is -0.324 e. The van der Waals surface area contributed by atoms with Gasteiger partial charge in [-0.05, 0) is 37.0 Å². The lowest BCUT2D eigenvalue weighted by atomic mass is 9.76. The zero-order valence-corrected chi connectivity index (χ0v) is 15.7. The fourth-order valence-electron chi connectivity index (χ4n) is 5.09. The summed E-state index contributed by atoms with van der Waals surface area (Å²) in [6.45, 7) is 3.95. The van der Waals surface area contributed by atoms with E-state index in [4.69, 9.17) is 0 Å². The molecule has 0 saturated carbocycles. The Morgan fingerprint density at radius 1 is 0.929 bits per heavy atom. The lowest BCUT2D eigenvalue weighted by molar-refractivity contribution is -0.132. The van der Waals surface area contributed by atoms with Crippen molar-refractivity contribution in [1.82, 2.24) is 10.6 Å². The van der Waals surface area contributed by atoms with Crippen LogP contribution < -0.4 is 16.0 Å². The molecule has 2 fully saturated rings. The van der Waals surface area contributed by atoms with E-state index in [1.807, 2.05) is 56.3 Å². The molecule has 5 rings (SSSR count). The molecule has 2 aromatic rings. The van der Waals surface area contributed by atoms with Gasteiger partial charge >= 0.3 is 0 Å². The van der Waals surface area contributed by atoms with Gasteiger partial charge in [-0.2, -0.15) is 0 Å².